The number of nitrogens with zero attached hydrogens (tertiary/aromatic N) is 5. The van der Waals surface area contributed by atoms with Crippen LogP contribution in [0, 0.1) is 18.2 Å². The molecule has 2 aromatic heterocycles. The summed E-state index contributed by atoms with van der Waals surface area (Å²) in [6, 6.07) is 12.4. The number of aromatic nitrogens is 3. The van der Waals surface area contributed by atoms with E-state index in [-0.39, 0.29) is 22.8 Å². The molecule has 4 fully saturated rings. The first-order chi connectivity index (χ1) is 20.9. The lowest BCUT2D eigenvalue weighted by atomic mass is 9.92. The normalized spacial score (nSPS) is 22.8. The number of terminal acetylenes is 1. The van der Waals surface area contributed by atoms with Gasteiger partial charge in [0.1, 0.15) is 23.6 Å². The highest BCUT2D eigenvalue weighted by Gasteiger charge is 2.48. The van der Waals surface area contributed by atoms with Crippen molar-refractivity contribution in [2.75, 3.05) is 37.7 Å². The van der Waals surface area contributed by atoms with E-state index < -0.39 is 5.82 Å². The molecule has 0 saturated carbocycles. The average Bonchev–Trinajstić information content (AvgIpc) is 3.61. The molecule has 6 heterocycles. The van der Waals surface area contributed by atoms with Crippen LogP contribution in [0.5, 0.6) is 6.01 Å². The molecule has 4 saturated heterocycles. The molecule has 7 nitrogen and oxygen atoms in total. The zero-order valence-corrected chi connectivity index (χ0v) is 24.1. The predicted octanol–water partition coefficient (Wildman–Crippen LogP) is 5.25. The van der Waals surface area contributed by atoms with Crippen LogP contribution in [0.2, 0.25) is 0 Å². The molecule has 4 aromatic rings. The minimum atomic E-state index is -0.508. The molecular formula is C35H33FN6O. The highest BCUT2D eigenvalue weighted by molar-refractivity contribution is 6.02. The molecule has 4 aliphatic heterocycles. The number of pyridine rings is 1. The van der Waals surface area contributed by atoms with Crippen LogP contribution in [0.3, 0.4) is 0 Å². The standard InChI is InChI=1S/C35H33FN6O/c1-4-23-7-5-8-24-9-6-10-27(29(23)24)31-30(36)32-28(15-37-31)33(41-18-25-11-12-26(19-41)38-25)40-34(39-32)43-20-35-13-21(2)16-42(35)17-22(3)14-35/h1,5-10,15,25-26,38H,2-3,11-14,16-20H2/t25-,26+. The number of rotatable bonds is 5. The lowest BCUT2D eigenvalue weighted by molar-refractivity contribution is 0.108. The second-order valence-corrected chi connectivity index (χ2v) is 12.6. The van der Waals surface area contributed by atoms with Crippen molar-refractivity contribution in [3.8, 4) is 29.6 Å². The summed E-state index contributed by atoms with van der Waals surface area (Å²) in [4.78, 5) is 18.9. The third-order valence-corrected chi connectivity index (χ3v) is 9.60. The van der Waals surface area contributed by atoms with E-state index in [1.54, 1.807) is 6.20 Å². The Morgan fingerprint density at radius 2 is 1.77 bits per heavy atom. The van der Waals surface area contributed by atoms with Crippen molar-refractivity contribution in [2.24, 2.45) is 0 Å². The molecule has 0 spiro atoms. The van der Waals surface area contributed by atoms with Gasteiger partial charge in [-0.15, -0.1) is 6.42 Å². The number of hydrogen-bond acceptors (Lipinski definition) is 7. The van der Waals surface area contributed by atoms with Crippen LogP contribution in [0.15, 0.2) is 66.9 Å². The van der Waals surface area contributed by atoms with Crippen LogP contribution in [0.25, 0.3) is 32.9 Å². The summed E-state index contributed by atoms with van der Waals surface area (Å²) in [5, 5.41) is 5.98. The molecule has 2 aromatic carbocycles. The van der Waals surface area contributed by atoms with Gasteiger partial charge >= 0.3 is 6.01 Å². The molecule has 0 unspecified atom stereocenters. The molecule has 2 bridgehead atoms. The zero-order valence-electron chi connectivity index (χ0n) is 24.1. The Labute approximate surface area is 250 Å². The van der Waals surface area contributed by atoms with Gasteiger partial charge in [-0.25, -0.2) is 4.39 Å². The van der Waals surface area contributed by atoms with Gasteiger partial charge in [-0.05, 0) is 37.1 Å². The fourth-order valence-corrected chi connectivity index (χ4v) is 7.80. The van der Waals surface area contributed by atoms with Gasteiger partial charge < -0.3 is 15.0 Å². The van der Waals surface area contributed by atoms with Crippen molar-refractivity contribution >= 4 is 27.5 Å². The van der Waals surface area contributed by atoms with Gasteiger partial charge in [-0.1, -0.05) is 60.6 Å². The largest absolute Gasteiger partial charge is 0.461 e. The van der Waals surface area contributed by atoms with Gasteiger partial charge in [0.05, 0.1) is 10.9 Å². The van der Waals surface area contributed by atoms with Crippen LogP contribution in [0.4, 0.5) is 10.2 Å². The second-order valence-electron chi connectivity index (χ2n) is 12.6. The van der Waals surface area contributed by atoms with E-state index in [9.17, 15) is 0 Å². The van der Waals surface area contributed by atoms with Crippen molar-refractivity contribution in [3.05, 3.63) is 78.3 Å². The monoisotopic (exact) mass is 572 g/mol. The molecular weight excluding hydrogens is 539 g/mol. The Balaban J connectivity index is 1.26. The summed E-state index contributed by atoms with van der Waals surface area (Å²) in [7, 11) is 0. The summed E-state index contributed by atoms with van der Waals surface area (Å²) in [5.74, 6) is 2.91. The number of halogens is 1. The Hall–Kier alpha value is -4.32. The zero-order chi connectivity index (χ0) is 29.3. The number of fused-ring (bicyclic) bond motifs is 5. The fourth-order valence-electron chi connectivity index (χ4n) is 7.80. The molecule has 216 valence electrons. The predicted molar refractivity (Wildman–Crippen MR) is 168 cm³/mol. The van der Waals surface area contributed by atoms with Crippen LogP contribution < -0.4 is 15.0 Å². The van der Waals surface area contributed by atoms with Gasteiger partial charge in [-0.3, -0.25) is 9.88 Å². The quantitative estimate of drug-likeness (QED) is 0.259. The summed E-state index contributed by atoms with van der Waals surface area (Å²) >= 11 is 0. The fraction of sp³-hybridized carbons (Fsp3) is 0.343. The Kier molecular flexibility index (Phi) is 6.04. The Morgan fingerprint density at radius 3 is 2.49 bits per heavy atom. The molecule has 4 aliphatic rings. The Morgan fingerprint density at radius 1 is 1.05 bits per heavy atom. The van der Waals surface area contributed by atoms with Crippen molar-refractivity contribution < 1.29 is 9.13 Å². The molecule has 8 rings (SSSR count). The van der Waals surface area contributed by atoms with Crippen LogP contribution >= 0.6 is 0 Å². The maximum atomic E-state index is 16.7. The highest BCUT2D eigenvalue weighted by atomic mass is 19.1. The molecule has 43 heavy (non-hydrogen) atoms. The SMILES string of the molecule is C#Cc1cccc2cccc(-c3ncc4c(N5C[C@H]6CC[C@@H](C5)N6)nc(OCC56CC(=C)CN5CC(=C)C6)nc4c3F)c12. The van der Waals surface area contributed by atoms with Crippen LogP contribution in [0.1, 0.15) is 31.2 Å². The Bertz CT molecular complexity index is 1840. The molecule has 8 heteroatoms. The first-order valence-corrected chi connectivity index (χ1v) is 15.0. The van der Waals surface area contributed by atoms with Gasteiger partial charge in [-0.2, -0.15) is 9.97 Å². The number of hydrogen-bond donors (Lipinski definition) is 1. The molecule has 1 N–H and O–H groups in total. The van der Waals surface area contributed by atoms with Crippen LogP contribution in [-0.4, -0.2) is 70.3 Å². The summed E-state index contributed by atoms with van der Waals surface area (Å²) < 4.78 is 23.2. The smallest absolute Gasteiger partial charge is 0.319 e. The third-order valence-electron chi connectivity index (χ3n) is 9.60. The van der Waals surface area contributed by atoms with E-state index in [0.29, 0.717) is 41.0 Å². The van der Waals surface area contributed by atoms with Gasteiger partial charge in [0.25, 0.3) is 0 Å². The first kappa shape index (κ1) is 26.3. The van der Waals surface area contributed by atoms with E-state index in [1.807, 2.05) is 36.4 Å². The molecule has 0 radical (unpaired) electrons. The summed E-state index contributed by atoms with van der Waals surface area (Å²) in [6.07, 6.45) is 11.5. The minimum absolute atomic E-state index is 0.177. The molecule has 2 atom stereocenters. The van der Waals surface area contributed by atoms with E-state index in [2.05, 4.69) is 39.2 Å². The van der Waals surface area contributed by atoms with Crippen LogP contribution in [-0.2, 0) is 0 Å². The summed E-state index contributed by atoms with van der Waals surface area (Å²) in [6.45, 7) is 12.1. The molecule has 0 amide bonds. The molecule has 0 aliphatic carbocycles. The minimum Gasteiger partial charge on any atom is -0.461 e. The third kappa shape index (κ3) is 4.30. The van der Waals surface area contributed by atoms with Crippen molar-refractivity contribution in [1.29, 1.82) is 0 Å². The highest BCUT2D eigenvalue weighted by Crippen LogP contribution is 2.43. The maximum absolute atomic E-state index is 16.7. The van der Waals surface area contributed by atoms with E-state index >= 15 is 4.39 Å². The second kappa shape index (κ2) is 9.87. The topological polar surface area (TPSA) is 66.4 Å². The van der Waals surface area contributed by atoms with Crippen molar-refractivity contribution in [3.63, 3.8) is 0 Å². The number of piperazine rings is 1. The lowest BCUT2D eigenvalue weighted by Crippen LogP contribution is -2.51. The van der Waals surface area contributed by atoms with Crippen molar-refractivity contribution in [1.82, 2.24) is 25.2 Å². The average molecular weight is 573 g/mol. The van der Waals surface area contributed by atoms with Gasteiger partial charge in [0.2, 0.25) is 0 Å². The number of anilines is 1. The van der Waals surface area contributed by atoms with Gasteiger partial charge in [0.15, 0.2) is 5.82 Å². The number of benzene rings is 2. The van der Waals surface area contributed by atoms with E-state index in [0.717, 1.165) is 62.6 Å². The summed E-state index contributed by atoms with van der Waals surface area (Å²) in [5.41, 5.74) is 3.91. The van der Waals surface area contributed by atoms with Gasteiger partial charge in [0, 0.05) is 61.0 Å². The maximum Gasteiger partial charge on any atom is 0.319 e. The van der Waals surface area contributed by atoms with Crippen molar-refractivity contribution in [2.45, 2.75) is 43.3 Å². The van der Waals surface area contributed by atoms with E-state index in [4.69, 9.17) is 21.1 Å². The lowest BCUT2D eigenvalue weighted by Gasteiger charge is -2.34. The number of nitrogens with one attached hydrogen (secondary N) is 1. The van der Waals surface area contributed by atoms with E-state index in [1.165, 1.54) is 11.1 Å². The first-order valence-electron chi connectivity index (χ1n) is 15.0. The number of ether oxygens (including phenoxy) is 1.